The maximum absolute atomic E-state index is 12.2. The number of hydrogen-bond donors (Lipinski definition) is 1. The zero-order valence-corrected chi connectivity index (χ0v) is 14.8. The molecule has 1 unspecified atom stereocenters. The first kappa shape index (κ1) is 18.8. The Balaban J connectivity index is 2.26. The minimum Gasteiger partial charge on any atom is -0.480 e. The van der Waals surface area contributed by atoms with Crippen LogP contribution >= 0.6 is 0 Å². The Morgan fingerprint density at radius 2 is 1.84 bits per heavy atom. The van der Waals surface area contributed by atoms with Crippen molar-refractivity contribution in [3.8, 4) is 0 Å². The zero-order chi connectivity index (χ0) is 18.2. The third-order valence-corrected chi connectivity index (χ3v) is 4.16. The lowest BCUT2D eigenvalue weighted by molar-refractivity contribution is -0.142. The van der Waals surface area contributed by atoms with Crippen molar-refractivity contribution in [3.63, 3.8) is 0 Å². The highest BCUT2D eigenvalue weighted by Crippen LogP contribution is 2.19. The van der Waals surface area contributed by atoms with E-state index in [1.807, 2.05) is 49.4 Å². The molecule has 0 aliphatic heterocycles. The fourth-order valence-corrected chi connectivity index (χ4v) is 2.83. The van der Waals surface area contributed by atoms with Crippen LogP contribution in [0.2, 0.25) is 0 Å². The van der Waals surface area contributed by atoms with Crippen LogP contribution in [0.5, 0.6) is 0 Å². The monoisotopic (exact) mass is 343 g/mol. The summed E-state index contributed by atoms with van der Waals surface area (Å²) in [7, 11) is 0. The lowest BCUT2D eigenvalue weighted by atomic mass is 10.0. The predicted octanol–water partition coefficient (Wildman–Crippen LogP) is 4.09. The summed E-state index contributed by atoms with van der Waals surface area (Å²) in [6.45, 7) is 4.32. The van der Waals surface area contributed by atoms with Crippen molar-refractivity contribution in [2.24, 2.45) is 0 Å². The molecule has 0 fully saturated rings. The van der Waals surface area contributed by atoms with E-state index in [0.29, 0.717) is 6.54 Å². The summed E-state index contributed by atoms with van der Waals surface area (Å²) >= 11 is 0. The number of hydrogen-bond acceptors (Lipinski definition) is 3. The molecule has 0 saturated heterocycles. The van der Waals surface area contributed by atoms with Gasteiger partial charge in [0.15, 0.2) is 0 Å². The first-order chi connectivity index (χ1) is 12.1. The molecule has 2 aromatic rings. The molecular weight excluding hydrogens is 318 g/mol. The van der Waals surface area contributed by atoms with E-state index >= 15 is 0 Å². The maximum atomic E-state index is 12.2. The molecule has 25 heavy (non-hydrogen) atoms. The van der Waals surface area contributed by atoms with Gasteiger partial charge in [-0.05, 0) is 29.7 Å². The molecule has 0 saturated carbocycles. The van der Waals surface area contributed by atoms with Crippen molar-refractivity contribution in [1.82, 2.24) is 4.90 Å². The summed E-state index contributed by atoms with van der Waals surface area (Å²) in [6, 6.07) is 12.9. The second kappa shape index (κ2) is 9.06. The SMILES string of the molecule is CCCCN(C(=O)OCC)C(Cc1ccc2ccccc2c1)C(=O)O. The number of benzene rings is 2. The maximum Gasteiger partial charge on any atom is 0.410 e. The molecule has 1 atom stereocenters. The van der Waals surface area contributed by atoms with Crippen molar-refractivity contribution in [2.75, 3.05) is 13.2 Å². The number of amides is 1. The van der Waals surface area contributed by atoms with E-state index in [0.717, 1.165) is 29.2 Å². The zero-order valence-electron chi connectivity index (χ0n) is 14.8. The highest BCUT2D eigenvalue weighted by Gasteiger charge is 2.30. The van der Waals surface area contributed by atoms with Crippen LogP contribution in [0, 0.1) is 0 Å². The molecule has 0 spiro atoms. The summed E-state index contributed by atoms with van der Waals surface area (Å²) in [6.07, 6.45) is 1.30. The molecule has 0 radical (unpaired) electrons. The minimum absolute atomic E-state index is 0.226. The smallest absolute Gasteiger partial charge is 0.410 e. The number of nitrogens with zero attached hydrogens (tertiary/aromatic N) is 1. The quantitative estimate of drug-likeness (QED) is 0.784. The molecule has 1 N–H and O–H groups in total. The number of carbonyl (C=O) groups excluding carboxylic acids is 1. The average molecular weight is 343 g/mol. The van der Waals surface area contributed by atoms with Crippen LogP contribution in [0.1, 0.15) is 32.3 Å². The van der Waals surface area contributed by atoms with E-state index in [-0.39, 0.29) is 13.0 Å². The number of carbonyl (C=O) groups is 2. The molecule has 0 aliphatic carbocycles. The van der Waals surface area contributed by atoms with Gasteiger partial charge in [0.2, 0.25) is 0 Å². The van der Waals surface area contributed by atoms with E-state index in [1.54, 1.807) is 6.92 Å². The molecule has 0 heterocycles. The Morgan fingerprint density at radius 3 is 2.48 bits per heavy atom. The Bertz CT molecular complexity index is 728. The number of ether oxygens (including phenoxy) is 1. The first-order valence-corrected chi connectivity index (χ1v) is 8.70. The highest BCUT2D eigenvalue weighted by molar-refractivity contribution is 5.84. The summed E-state index contributed by atoms with van der Waals surface area (Å²) in [5.41, 5.74) is 0.886. The molecule has 0 aliphatic rings. The fraction of sp³-hybridized carbons (Fsp3) is 0.400. The van der Waals surface area contributed by atoms with Gasteiger partial charge in [-0.25, -0.2) is 9.59 Å². The van der Waals surface area contributed by atoms with Gasteiger partial charge in [-0.1, -0.05) is 55.8 Å². The van der Waals surface area contributed by atoms with Crippen LogP contribution in [0.25, 0.3) is 10.8 Å². The molecular formula is C20H25NO4. The number of fused-ring (bicyclic) bond motifs is 1. The molecule has 5 heteroatoms. The Kier molecular flexibility index (Phi) is 6.81. The van der Waals surface area contributed by atoms with Gasteiger partial charge in [-0.3, -0.25) is 4.90 Å². The van der Waals surface area contributed by atoms with Crippen molar-refractivity contribution in [1.29, 1.82) is 0 Å². The van der Waals surface area contributed by atoms with Crippen molar-refractivity contribution >= 4 is 22.8 Å². The molecule has 0 bridgehead atoms. The first-order valence-electron chi connectivity index (χ1n) is 8.70. The fourth-order valence-electron chi connectivity index (χ4n) is 2.83. The predicted molar refractivity (Wildman–Crippen MR) is 97.7 cm³/mol. The van der Waals surface area contributed by atoms with Gasteiger partial charge in [-0.15, -0.1) is 0 Å². The third kappa shape index (κ3) is 4.95. The summed E-state index contributed by atoms with van der Waals surface area (Å²) in [5.74, 6) is -1.02. The van der Waals surface area contributed by atoms with Gasteiger partial charge in [-0.2, -0.15) is 0 Å². The number of unbranched alkanes of at least 4 members (excludes halogenated alkanes) is 1. The van der Waals surface area contributed by atoms with Crippen molar-refractivity contribution < 1.29 is 19.4 Å². The number of aliphatic carboxylic acids is 1. The van der Waals surface area contributed by atoms with Gasteiger partial charge >= 0.3 is 12.1 Å². The van der Waals surface area contributed by atoms with Crippen LogP contribution in [-0.2, 0) is 16.0 Å². The molecule has 2 aromatic carbocycles. The third-order valence-electron chi connectivity index (χ3n) is 4.16. The van der Waals surface area contributed by atoms with Gasteiger partial charge in [0, 0.05) is 13.0 Å². The summed E-state index contributed by atoms with van der Waals surface area (Å²) < 4.78 is 5.06. The molecule has 0 aromatic heterocycles. The van der Waals surface area contributed by atoms with E-state index in [2.05, 4.69) is 0 Å². The Labute approximate surface area is 148 Å². The normalized spacial score (nSPS) is 11.9. The van der Waals surface area contributed by atoms with E-state index in [1.165, 1.54) is 4.90 Å². The summed E-state index contributed by atoms with van der Waals surface area (Å²) in [5, 5.41) is 11.8. The molecule has 5 nitrogen and oxygen atoms in total. The second-order valence-electron chi connectivity index (χ2n) is 5.99. The largest absolute Gasteiger partial charge is 0.480 e. The Hall–Kier alpha value is -2.56. The Morgan fingerprint density at radius 1 is 1.12 bits per heavy atom. The van der Waals surface area contributed by atoms with E-state index in [4.69, 9.17) is 4.74 Å². The lowest BCUT2D eigenvalue weighted by Crippen LogP contribution is -2.47. The van der Waals surface area contributed by atoms with E-state index in [9.17, 15) is 14.7 Å². The lowest BCUT2D eigenvalue weighted by Gasteiger charge is -2.28. The van der Waals surface area contributed by atoms with Crippen LogP contribution in [0.15, 0.2) is 42.5 Å². The van der Waals surface area contributed by atoms with E-state index < -0.39 is 18.1 Å². The number of carboxylic acid groups (broad SMARTS) is 1. The van der Waals surface area contributed by atoms with Crippen LogP contribution in [0.4, 0.5) is 4.79 Å². The number of rotatable bonds is 8. The highest BCUT2D eigenvalue weighted by atomic mass is 16.6. The topological polar surface area (TPSA) is 66.8 Å². The van der Waals surface area contributed by atoms with Crippen LogP contribution in [-0.4, -0.2) is 41.3 Å². The molecule has 2 rings (SSSR count). The standard InChI is InChI=1S/C20H25NO4/c1-3-5-12-21(20(24)25-4-2)18(19(22)23)14-15-10-11-16-8-6-7-9-17(16)13-15/h6-11,13,18H,3-5,12,14H2,1-2H3,(H,22,23). The van der Waals surface area contributed by atoms with Crippen molar-refractivity contribution in [2.45, 2.75) is 39.2 Å². The van der Waals surface area contributed by atoms with Crippen LogP contribution < -0.4 is 0 Å². The van der Waals surface area contributed by atoms with Gasteiger partial charge in [0.25, 0.3) is 0 Å². The van der Waals surface area contributed by atoms with Gasteiger partial charge in [0.1, 0.15) is 6.04 Å². The second-order valence-corrected chi connectivity index (χ2v) is 5.99. The molecule has 134 valence electrons. The molecule has 1 amide bonds. The van der Waals surface area contributed by atoms with Crippen LogP contribution in [0.3, 0.4) is 0 Å². The van der Waals surface area contributed by atoms with Crippen molar-refractivity contribution in [3.05, 3.63) is 48.0 Å². The number of carboxylic acids is 1. The van der Waals surface area contributed by atoms with Gasteiger partial charge < -0.3 is 9.84 Å². The summed E-state index contributed by atoms with van der Waals surface area (Å²) in [4.78, 5) is 25.4. The van der Waals surface area contributed by atoms with Gasteiger partial charge in [0.05, 0.1) is 6.61 Å². The average Bonchev–Trinajstić information content (AvgIpc) is 2.61. The minimum atomic E-state index is -1.02.